The number of hydrogen-bond acceptors (Lipinski definition) is 6. The molecule has 1 fully saturated rings. The third kappa shape index (κ3) is 8.21. The summed E-state index contributed by atoms with van der Waals surface area (Å²) in [6.45, 7) is 11.8. The van der Waals surface area contributed by atoms with Gasteiger partial charge in [0.2, 0.25) is 11.6 Å². The lowest BCUT2D eigenvalue weighted by Crippen LogP contribution is -2.60. The van der Waals surface area contributed by atoms with Gasteiger partial charge in [0.05, 0.1) is 6.10 Å². The zero-order valence-corrected chi connectivity index (χ0v) is 28.1. The van der Waals surface area contributed by atoms with Gasteiger partial charge in [0.15, 0.2) is 6.10 Å². The standard InChI is InChI=1S/C37H60O6/c1-7-8-9-10-11-12-13-14-15-16-17-18-19-20-22-26(38)43-34-28-29(32(41)31(40)27(25(2)3)30(28)39)37(6)24-21-23-36(4,5)35(37)33(34)42/h25,33-35,39,42H,7-24H2,1-6H3. The first-order valence-corrected chi connectivity index (χ1v) is 17.5. The minimum Gasteiger partial charge on any atom is -0.507 e. The third-order valence-corrected chi connectivity index (χ3v) is 10.6. The van der Waals surface area contributed by atoms with E-state index in [4.69, 9.17) is 4.74 Å². The largest absolute Gasteiger partial charge is 0.507 e. The van der Waals surface area contributed by atoms with Gasteiger partial charge in [-0.05, 0) is 30.6 Å². The number of allylic oxidation sites excluding steroid dienone is 2. The topological polar surface area (TPSA) is 101 Å². The van der Waals surface area contributed by atoms with Crippen LogP contribution in [0.4, 0.5) is 0 Å². The molecule has 4 unspecified atom stereocenters. The predicted molar refractivity (Wildman–Crippen MR) is 172 cm³/mol. The van der Waals surface area contributed by atoms with Gasteiger partial charge in [0.25, 0.3) is 0 Å². The molecule has 3 rings (SSSR count). The Morgan fingerprint density at radius 1 is 0.837 bits per heavy atom. The Balaban J connectivity index is 1.58. The molecule has 244 valence electrons. The lowest BCUT2D eigenvalue weighted by atomic mass is 9.47. The van der Waals surface area contributed by atoms with Crippen LogP contribution in [0.5, 0.6) is 0 Å². The molecule has 0 aliphatic heterocycles. The summed E-state index contributed by atoms with van der Waals surface area (Å²) in [6, 6.07) is 0. The van der Waals surface area contributed by atoms with E-state index < -0.39 is 41.1 Å². The molecule has 0 bridgehead atoms. The van der Waals surface area contributed by atoms with Gasteiger partial charge >= 0.3 is 5.97 Å². The normalized spacial score (nSPS) is 27.0. The Labute approximate surface area is 261 Å². The van der Waals surface area contributed by atoms with Gasteiger partial charge in [-0.1, -0.05) is 131 Å². The van der Waals surface area contributed by atoms with Crippen molar-refractivity contribution in [3.8, 4) is 0 Å². The van der Waals surface area contributed by atoms with Crippen LogP contribution in [0.25, 0.3) is 0 Å². The van der Waals surface area contributed by atoms with E-state index >= 15 is 0 Å². The highest BCUT2D eigenvalue weighted by molar-refractivity contribution is 6.50. The molecule has 0 amide bonds. The number of aliphatic hydroxyl groups is 2. The highest BCUT2D eigenvalue weighted by atomic mass is 16.6. The van der Waals surface area contributed by atoms with Crippen LogP contribution < -0.4 is 0 Å². The minimum absolute atomic E-state index is 0.0427. The summed E-state index contributed by atoms with van der Waals surface area (Å²) < 4.78 is 5.95. The van der Waals surface area contributed by atoms with E-state index in [0.717, 1.165) is 25.7 Å². The lowest BCUT2D eigenvalue weighted by molar-refractivity contribution is -0.168. The van der Waals surface area contributed by atoms with Crippen molar-refractivity contribution >= 4 is 17.5 Å². The quantitative estimate of drug-likeness (QED) is 0.0748. The highest BCUT2D eigenvalue weighted by Gasteiger charge is 2.62. The van der Waals surface area contributed by atoms with E-state index in [1.54, 1.807) is 13.8 Å². The van der Waals surface area contributed by atoms with Gasteiger partial charge in [-0.15, -0.1) is 0 Å². The molecule has 2 N–H and O–H groups in total. The van der Waals surface area contributed by atoms with E-state index in [-0.39, 0.29) is 40.2 Å². The number of esters is 1. The van der Waals surface area contributed by atoms with E-state index in [0.29, 0.717) is 12.8 Å². The number of carbonyl (C=O) groups excluding carboxylic acids is 3. The molecule has 6 nitrogen and oxygen atoms in total. The maximum absolute atomic E-state index is 13.7. The van der Waals surface area contributed by atoms with Gasteiger partial charge in [0.1, 0.15) is 5.76 Å². The van der Waals surface area contributed by atoms with Gasteiger partial charge in [-0.3, -0.25) is 14.4 Å². The Kier molecular flexibility index (Phi) is 13.1. The first-order chi connectivity index (χ1) is 20.4. The molecule has 3 aliphatic carbocycles. The lowest BCUT2D eigenvalue weighted by Gasteiger charge is -2.58. The number of rotatable bonds is 17. The molecule has 0 aromatic rings. The number of fused-ring (bicyclic) bond motifs is 2. The average molecular weight is 601 g/mol. The van der Waals surface area contributed by atoms with Crippen LogP contribution in [0, 0.1) is 22.7 Å². The summed E-state index contributed by atoms with van der Waals surface area (Å²) >= 11 is 0. The van der Waals surface area contributed by atoms with Crippen molar-refractivity contribution in [2.75, 3.05) is 0 Å². The molecule has 43 heavy (non-hydrogen) atoms. The Morgan fingerprint density at radius 2 is 1.35 bits per heavy atom. The summed E-state index contributed by atoms with van der Waals surface area (Å²) in [5.74, 6) is -2.80. The van der Waals surface area contributed by atoms with Crippen molar-refractivity contribution in [2.24, 2.45) is 22.7 Å². The molecule has 0 spiro atoms. The number of carbonyl (C=O) groups is 3. The van der Waals surface area contributed by atoms with Crippen LogP contribution in [-0.2, 0) is 19.1 Å². The number of ketones is 2. The van der Waals surface area contributed by atoms with Crippen molar-refractivity contribution in [2.45, 2.75) is 169 Å². The van der Waals surface area contributed by atoms with Crippen LogP contribution in [0.3, 0.4) is 0 Å². The monoisotopic (exact) mass is 600 g/mol. The van der Waals surface area contributed by atoms with E-state index in [1.165, 1.54) is 70.6 Å². The molecule has 0 aromatic carbocycles. The Morgan fingerprint density at radius 3 is 1.86 bits per heavy atom. The Hall–Kier alpha value is -1.95. The molecular formula is C37H60O6. The van der Waals surface area contributed by atoms with Crippen molar-refractivity contribution in [1.82, 2.24) is 0 Å². The van der Waals surface area contributed by atoms with Crippen LogP contribution >= 0.6 is 0 Å². The van der Waals surface area contributed by atoms with Crippen molar-refractivity contribution in [3.05, 3.63) is 22.5 Å². The summed E-state index contributed by atoms with van der Waals surface area (Å²) in [7, 11) is 0. The second-order valence-corrected chi connectivity index (χ2v) is 14.8. The maximum Gasteiger partial charge on any atom is 0.306 e. The van der Waals surface area contributed by atoms with Gasteiger partial charge in [-0.2, -0.15) is 0 Å². The molecule has 6 heteroatoms. The molecule has 3 aliphatic rings. The molecule has 0 radical (unpaired) electrons. The number of Topliss-reactive ketones (excluding diaryl/α,β-unsaturated/α-hetero) is 2. The molecular weight excluding hydrogens is 540 g/mol. The fraction of sp³-hybridized carbons (Fsp3) is 0.811. The van der Waals surface area contributed by atoms with Crippen LogP contribution in [0.1, 0.15) is 157 Å². The molecule has 1 saturated carbocycles. The number of hydrogen-bond donors (Lipinski definition) is 2. The number of unbranched alkanes of at least 4 members (excludes halogenated alkanes) is 13. The summed E-state index contributed by atoms with van der Waals surface area (Å²) in [5.41, 5.74) is -0.688. The van der Waals surface area contributed by atoms with Gasteiger partial charge in [-0.25, -0.2) is 0 Å². The average Bonchev–Trinajstić information content (AvgIpc) is 2.92. The summed E-state index contributed by atoms with van der Waals surface area (Å²) in [6.07, 6.45) is 17.5. The summed E-state index contributed by atoms with van der Waals surface area (Å²) in [5, 5.41) is 23.2. The molecule has 0 heterocycles. The fourth-order valence-corrected chi connectivity index (χ4v) is 8.45. The van der Waals surface area contributed by atoms with Crippen molar-refractivity contribution < 1.29 is 29.3 Å². The SMILES string of the molecule is CCCCCCCCCCCCCCCCC(=O)OC1C2=C(C(=O)C(=O)C(C(C)C)=C2O)C2(C)CCCC(C)(C)C2C1O. The molecule has 0 saturated heterocycles. The minimum atomic E-state index is -1.17. The predicted octanol–water partition coefficient (Wildman–Crippen LogP) is 8.89. The molecule has 4 atom stereocenters. The fourth-order valence-electron chi connectivity index (χ4n) is 8.45. The van der Waals surface area contributed by atoms with Crippen molar-refractivity contribution in [1.29, 1.82) is 0 Å². The zero-order chi connectivity index (χ0) is 31.8. The second-order valence-electron chi connectivity index (χ2n) is 14.8. The smallest absolute Gasteiger partial charge is 0.306 e. The van der Waals surface area contributed by atoms with Gasteiger partial charge < -0.3 is 14.9 Å². The number of aliphatic hydroxyl groups excluding tert-OH is 2. The number of ether oxygens (including phenoxy) is 1. The van der Waals surface area contributed by atoms with Crippen LogP contribution in [-0.4, -0.2) is 40.0 Å². The second kappa shape index (κ2) is 15.9. The van der Waals surface area contributed by atoms with E-state index in [2.05, 4.69) is 20.8 Å². The van der Waals surface area contributed by atoms with E-state index in [9.17, 15) is 24.6 Å². The summed E-state index contributed by atoms with van der Waals surface area (Å²) in [4.78, 5) is 40.0. The van der Waals surface area contributed by atoms with E-state index in [1.807, 2.05) is 6.92 Å². The molecule has 0 aromatic heterocycles. The Bertz CT molecular complexity index is 1050. The van der Waals surface area contributed by atoms with Crippen molar-refractivity contribution in [3.63, 3.8) is 0 Å². The van der Waals surface area contributed by atoms with Crippen LogP contribution in [0.2, 0.25) is 0 Å². The third-order valence-electron chi connectivity index (χ3n) is 10.6. The zero-order valence-electron chi connectivity index (χ0n) is 28.1. The van der Waals surface area contributed by atoms with Crippen LogP contribution in [0.15, 0.2) is 22.5 Å². The van der Waals surface area contributed by atoms with Gasteiger partial charge in [0, 0.05) is 34.5 Å². The maximum atomic E-state index is 13.7. The highest BCUT2D eigenvalue weighted by Crippen LogP contribution is 2.61. The first-order valence-electron chi connectivity index (χ1n) is 17.5. The first kappa shape index (κ1) is 35.5.